The molecule has 0 saturated carbocycles. The highest BCUT2D eigenvalue weighted by Gasteiger charge is 2.13. The van der Waals surface area contributed by atoms with Crippen molar-refractivity contribution in [2.45, 2.75) is 19.6 Å². The number of fused-ring (bicyclic) bond motifs is 1. The van der Waals surface area contributed by atoms with Gasteiger partial charge in [-0.05, 0) is 44.3 Å². The molecule has 0 unspecified atom stereocenters. The summed E-state index contributed by atoms with van der Waals surface area (Å²) in [6.45, 7) is 7.71. The van der Waals surface area contributed by atoms with Crippen molar-refractivity contribution in [3.05, 3.63) is 65.5 Å². The number of rotatable bonds is 5. The Labute approximate surface area is 146 Å². The van der Waals surface area contributed by atoms with Gasteiger partial charge in [0.2, 0.25) is 0 Å². The molecule has 3 aromatic heterocycles. The van der Waals surface area contributed by atoms with E-state index in [1.54, 1.807) is 18.0 Å². The highest BCUT2D eigenvalue weighted by molar-refractivity contribution is 8.07. The normalized spacial score (nSPS) is 12.3. The number of aryl methyl sites for hydroxylation is 2. The maximum atomic E-state index is 4.81. The van der Waals surface area contributed by atoms with E-state index in [1.807, 2.05) is 33.2 Å². The van der Waals surface area contributed by atoms with Gasteiger partial charge in [-0.2, -0.15) is 0 Å². The molecule has 0 bridgehead atoms. The van der Waals surface area contributed by atoms with Crippen LogP contribution in [0.4, 0.5) is 0 Å². The van der Waals surface area contributed by atoms with Gasteiger partial charge < -0.3 is 4.57 Å². The van der Waals surface area contributed by atoms with Gasteiger partial charge >= 0.3 is 0 Å². The number of pyridine rings is 2. The maximum Gasteiger partial charge on any atom is 0.0794 e. The van der Waals surface area contributed by atoms with E-state index in [-0.39, 0.29) is 0 Å². The first-order valence-electron chi connectivity index (χ1n) is 7.72. The Morgan fingerprint density at radius 2 is 2.21 bits per heavy atom. The predicted molar refractivity (Wildman–Crippen MR) is 103 cm³/mol. The van der Waals surface area contributed by atoms with Crippen molar-refractivity contribution in [3.8, 4) is 0 Å². The Morgan fingerprint density at radius 3 is 2.92 bits per heavy atom. The molecular formula is C19H20N4S. The number of aromatic nitrogens is 3. The van der Waals surface area contributed by atoms with Crippen molar-refractivity contribution in [1.82, 2.24) is 14.5 Å². The van der Waals surface area contributed by atoms with Crippen molar-refractivity contribution in [3.63, 3.8) is 0 Å². The van der Waals surface area contributed by atoms with Crippen LogP contribution in [-0.4, -0.2) is 21.3 Å². The van der Waals surface area contributed by atoms with E-state index < -0.39 is 0 Å². The molecule has 122 valence electrons. The SMILES string of the molecule is C=N/C(C)=C(\SCc1cccnc1)c1cc2ccn(C)c2c(C)n1. The fourth-order valence-electron chi connectivity index (χ4n) is 2.73. The van der Waals surface area contributed by atoms with Crippen LogP contribution in [0.2, 0.25) is 0 Å². The largest absolute Gasteiger partial charge is 0.349 e. The lowest BCUT2D eigenvalue weighted by molar-refractivity contribution is 0.955. The van der Waals surface area contributed by atoms with Gasteiger partial charge in [0.15, 0.2) is 0 Å². The van der Waals surface area contributed by atoms with Crippen LogP contribution in [0.25, 0.3) is 15.8 Å². The van der Waals surface area contributed by atoms with E-state index in [1.165, 1.54) is 16.5 Å². The zero-order valence-electron chi connectivity index (χ0n) is 14.2. The van der Waals surface area contributed by atoms with Gasteiger partial charge in [-0.3, -0.25) is 15.0 Å². The smallest absolute Gasteiger partial charge is 0.0794 e. The monoisotopic (exact) mass is 336 g/mol. The molecule has 5 heteroatoms. The Morgan fingerprint density at radius 1 is 1.38 bits per heavy atom. The molecule has 0 aliphatic rings. The molecule has 0 amide bonds. The summed E-state index contributed by atoms with van der Waals surface area (Å²) < 4.78 is 2.10. The zero-order valence-corrected chi connectivity index (χ0v) is 15.0. The third-order valence-electron chi connectivity index (χ3n) is 3.93. The van der Waals surface area contributed by atoms with Gasteiger partial charge in [-0.1, -0.05) is 6.07 Å². The molecule has 24 heavy (non-hydrogen) atoms. The number of aliphatic imine (C=N–C) groups is 1. The number of hydrogen-bond donors (Lipinski definition) is 0. The highest BCUT2D eigenvalue weighted by Crippen LogP contribution is 2.34. The molecule has 0 aromatic carbocycles. The minimum atomic E-state index is 0.823. The second-order valence-corrected chi connectivity index (χ2v) is 6.67. The van der Waals surface area contributed by atoms with E-state index in [0.29, 0.717) is 0 Å². The first-order valence-corrected chi connectivity index (χ1v) is 8.71. The number of nitrogens with zero attached hydrogens (tertiary/aromatic N) is 4. The zero-order chi connectivity index (χ0) is 17.1. The molecule has 0 saturated heterocycles. The summed E-state index contributed by atoms with van der Waals surface area (Å²) in [6.07, 6.45) is 5.74. The van der Waals surface area contributed by atoms with Gasteiger partial charge in [0, 0.05) is 36.8 Å². The lowest BCUT2D eigenvalue weighted by Gasteiger charge is -2.11. The Balaban J connectivity index is 1.99. The second-order valence-electron chi connectivity index (χ2n) is 5.68. The first-order chi connectivity index (χ1) is 11.6. The van der Waals surface area contributed by atoms with E-state index in [2.05, 4.69) is 45.7 Å². The summed E-state index contributed by atoms with van der Waals surface area (Å²) in [5.74, 6) is 0.823. The van der Waals surface area contributed by atoms with Gasteiger partial charge in [0.05, 0.1) is 27.5 Å². The Kier molecular flexibility index (Phi) is 4.81. The van der Waals surface area contributed by atoms with Gasteiger partial charge in [-0.15, -0.1) is 11.8 Å². The number of allylic oxidation sites excluding steroid dienone is 1. The molecule has 0 aliphatic carbocycles. The van der Waals surface area contributed by atoms with Gasteiger partial charge in [0.1, 0.15) is 0 Å². The van der Waals surface area contributed by atoms with Crippen molar-refractivity contribution in [1.29, 1.82) is 0 Å². The molecule has 0 fully saturated rings. The quantitative estimate of drug-likeness (QED) is 0.640. The second kappa shape index (κ2) is 7.01. The standard InChI is InChI=1S/C19H20N4S/c1-13-18-16(7-9-23(18)4)10-17(22-13)19(14(2)20-3)24-12-15-6-5-8-21-11-15/h5-11H,3,12H2,1-2,4H3/b19-14-. The number of thioether (sulfide) groups is 1. The average Bonchev–Trinajstić information content (AvgIpc) is 2.97. The van der Waals surface area contributed by atoms with Crippen molar-refractivity contribution < 1.29 is 0 Å². The third kappa shape index (κ3) is 3.26. The summed E-state index contributed by atoms with van der Waals surface area (Å²) in [6, 6.07) is 8.28. The molecule has 0 radical (unpaired) electrons. The van der Waals surface area contributed by atoms with Crippen LogP contribution < -0.4 is 0 Å². The fourth-order valence-corrected chi connectivity index (χ4v) is 3.74. The molecule has 3 aromatic rings. The Bertz CT molecular complexity index is 910. The molecule has 0 N–H and O–H groups in total. The summed E-state index contributed by atoms with van der Waals surface area (Å²) in [5.41, 5.74) is 5.20. The molecule has 0 aliphatic heterocycles. The predicted octanol–water partition coefficient (Wildman–Crippen LogP) is 4.60. The summed E-state index contributed by atoms with van der Waals surface area (Å²) >= 11 is 1.72. The van der Waals surface area contributed by atoms with Gasteiger partial charge in [0.25, 0.3) is 0 Å². The molecule has 0 spiro atoms. The van der Waals surface area contributed by atoms with Gasteiger partial charge in [-0.25, -0.2) is 0 Å². The molecule has 0 atom stereocenters. The third-order valence-corrected chi connectivity index (χ3v) is 5.20. The van der Waals surface area contributed by atoms with Crippen molar-refractivity contribution in [2.75, 3.05) is 0 Å². The lowest BCUT2D eigenvalue weighted by Crippen LogP contribution is -1.96. The summed E-state index contributed by atoms with van der Waals surface area (Å²) in [7, 11) is 2.04. The van der Waals surface area contributed by atoms with Crippen LogP contribution in [0, 0.1) is 6.92 Å². The summed E-state index contributed by atoms with van der Waals surface area (Å²) in [4.78, 5) is 14.2. The van der Waals surface area contributed by atoms with E-state index in [0.717, 1.165) is 27.7 Å². The van der Waals surface area contributed by atoms with Crippen LogP contribution in [0.5, 0.6) is 0 Å². The lowest BCUT2D eigenvalue weighted by atomic mass is 10.2. The van der Waals surface area contributed by atoms with Crippen molar-refractivity contribution >= 4 is 34.3 Å². The van der Waals surface area contributed by atoms with Crippen LogP contribution in [0.15, 0.2) is 53.5 Å². The Hall–Kier alpha value is -2.40. The van der Waals surface area contributed by atoms with Crippen LogP contribution >= 0.6 is 11.8 Å². The average molecular weight is 336 g/mol. The van der Waals surface area contributed by atoms with E-state index in [4.69, 9.17) is 4.98 Å². The van der Waals surface area contributed by atoms with E-state index in [9.17, 15) is 0 Å². The minimum Gasteiger partial charge on any atom is -0.349 e. The van der Waals surface area contributed by atoms with Crippen LogP contribution in [0.1, 0.15) is 23.9 Å². The maximum absolute atomic E-state index is 4.81. The molecule has 3 heterocycles. The van der Waals surface area contributed by atoms with Crippen LogP contribution in [-0.2, 0) is 12.8 Å². The van der Waals surface area contributed by atoms with Crippen molar-refractivity contribution in [2.24, 2.45) is 12.0 Å². The topological polar surface area (TPSA) is 43.1 Å². The molecular weight excluding hydrogens is 316 g/mol. The van der Waals surface area contributed by atoms with E-state index >= 15 is 0 Å². The molecule has 4 nitrogen and oxygen atoms in total. The first kappa shape index (κ1) is 16.5. The van der Waals surface area contributed by atoms with Crippen LogP contribution in [0.3, 0.4) is 0 Å². The summed E-state index contributed by atoms with van der Waals surface area (Å²) in [5, 5.41) is 1.19. The molecule has 3 rings (SSSR count). The fraction of sp³-hybridized carbons (Fsp3) is 0.211. The number of hydrogen-bond acceptors (Lipinski definition) is 4. The minimum absolute atomic E-state index is 0.823. The highest BCUT2D eigenvalue weighted by atomic mass is 32.2.